The lowest BCUT2D eigenvalue weighted by Crippen LogP contribution is -2.41. The van der Waals surface area contributed by atoms with E-state index in [4.69, 9.17) is 5.73 Å². The zero-order chi connectivity index (χ0) is 13.1. The van der Waals surface area contributed by atoms with Crippen molar-refractivity contribution >= 4 is 11.5 Å². The number of carbonyl (C=O) groups is 1. The van der Waals surface area contributed by atoms with Gasteiger partial charge in [0.2, 0.25) is 0 Å². The largest absolute Gasteiger partial charge is 0.399 e. The van der Waals surface area contributed by atoms with Crippen molar-refractivity contribution < 1.29 is 4.79 Å². The number of piperidine rings is 1. The van der Waals surface area contributed by atoms with Gasteiger partial charge in [0, 0.05) is 24.3 Å². The van der Waals surface area contributed by atoms with E-state index >= 15 is 0 Å². The molecule has 1 saturated heterocycles. The monoisotopic (exact) mass is 246 g/mol. The number of ketones is 1. The van der Waals surface area contributed by atoms with Crippen molar-refractivity contribution in [3.05, 3.63) is 29.8 Å². The molecule has 2 atom stereocenters. The van der Waals surface area contributed by atoms with Gasteiger partial charge in [-0.05, 0) is 42.5 Å². The molecular weight excluding hydrogens is 224 g/mol. The Kier molecular flexibility index (Phi) is 4.02. The summed E-state index contributed by atoms with van der Waals surface area (Å²) in [4.78, 5) is 14.4. The number of nitrogens with zero attached hydrogens (tertiary/aromatic N) is 1. The van der Waals surface area contributed by atoms with Crippen molar-refractivity contribution in [2.45, 2.75) is 20.3 Å². The van der Waals surface area contributed by atoms with Crippen molar-refractivity contribution in [1.29, 1.82) is 0 Å². The zero-order valence-corrected chi connectivity index (χ0v) is 11.2. The molecule has 0 aromatic heterocycles. The first-order valence-electron chi connectivity index (χ1n) is 6.65. The molecule has 3 heteroatoms. The lowest BCUT2D eigenvalue weighted by atomic mass is 9.91. The molecule has 0 bridgehead atoms. The molecule has 2 unspecified atom stereocenters. The van der Waals surface area contributed by atoms with Crippen LogP contribution in [0.1, 0.15) is 30.6 Å². The van der Waals surface area contributed by atoms with Gasteiger partial charge in [0.05, 0.1) is 6.54 Å². The Bertz CT molecular complexity index is 403. The first kappa shape index (κ1) is 13.1. The van der Waals surface area contributed by atoms with Gasteiger partial charge in [0.15, 0.2) is 5.78 Å². The summed E-state index contributed by atoms with van der Waals surface area (Å²) in [6, 6.07) is 7.20. The van der Waals surface area contributed by atoms with E-state index < -0.39 is 0 Å². The van der Waals surface area contributed by atoms with Crippen LogP contribution in [0.2, 0.25) is 0 Å². The van der Waals surface area contributed by atoms with Gasteiger partial charge in [-0.25, -0.2) is 0 Å². The molecule has 2 N–H and O–H groups in total. The second kappa shape index (κ2) is 5.53. The van der Waals surface area contributed by atoms with Crippen molar-refractivity contribution in [2.75, 3.05) is 25.4 Å². The van der Waals surface area contributed by atoms with E-state index in [1.807, 2.05) is 12.1 Å². The molecule has 3 nitrogen and oxygen atoms in total. The summed E-state index contributed by atoms with van der Waals surface area (Å²) in [5, 5.41) is 0. The Morgan fingerprint density at radius 3 is 2.33 bits per heavy atom. The maximum absolute atomic E-state index is 12.2. The summed E-state index contributed by atoms with van der Waals surface area (Å²) in [7, 11) is 0. The van der Waals surface area contributed by atoms with Crippen molar-refractivity contribution in [1.82, 2.24) is 4.90 Å². The minimum Gasteiger partial charge on any atom is -0.399 e. The quantitative estimate of drug-likeness (QED) is 0.658. The third kappa shape index (κ3) is 3.33. The first-order valence-corrected chi connectivity index (χ1v) is 6.65. The first-order chi connectivity index (χ1) is 8.54. The Balaban J connectivity index is 1.96. The maximum atomic E-state index is 12.2. The van der Waals surface area contributed by atoms with E-state index in [1.54, 1.807) is 12.1 Å². The minimum absolute atomic E-state index is 0.191. The van der Waals surface area contributed by atoms with Gasteiger partial charge in [0.25, 0.3) is 0 Å². The molecule has 98 valence electrons. The predicted molar refractivity (Wildman–Crippen MR) is 74.6 cm³/mol. The molecule has 1 aromatic carbocycles. The molecule has 1 aliphatic rings. The maximum Gasteiger partial charge on any atom is 0.176 e. The topological polar surface area (TPSA) is 46.3 Å². The summed E-state index contributed by atoms with van der Waals surface area (Å²) in [6.45, 7) is 7.11. The Labute approximate surface area is 109 Å². The average molecular weight is 246 g/mol. The standard InChI is InChI=1S/C15H22N2O/c1-11-7-12(2)9-17(8-11)10-15(18)13-3-5-14(16)6-4-13/h3-6,11-12H,7-10,16H2,1-2H3. The zero-order valence-electron chi connectivity index (χ0n) is 11.2. The molecular formula is C15H22N2O. The molecule has 0 spiro atoms. The minimum atomic E-state index is 0.191. The fraction of sp³-hybridized carbons (Fsp3) is 0.533. The van der Waals surface area contributed by atoms with Crippen LogP contribution in [-0.2, 0) is 0 Å². The lowest BCUT2D eigenvalue weighted by Gasteiger charge is -2.34. The highest BCUT2D eigenvalue weighted by atomic mass is 16.1. The van der Waals surface area contributed by atoms with Gasteiger partial charge in [-0.15, -0.1) is 0 Å². The van der Waals surface area contributed by atoms with E-state index in [0.717, 1.165) is 18.7 Å². The third-order valence-corrected chi connectivity index (χ3v) is 3.54. The van der Waals surface area contributed by atoms with Crippen molar-refractivity contribution in [3.63, 3.8) is 0 Å². The highest BCUT2D eigenvalue weighted by molar-refractivity contribution is 5.97. The molecule has 0 amide bonds. The van der Waals surface area contributed by atoms with E-state index in [0.29, 0.717) is 24.1 Å². The van der Waals surface area contributed by atoms with Crippen LogP contribution in [0.3, 0.4) is 0 Å². The van der Waals surface area contributed by atoms with Crippen LogP contribution in [0.15, 0.2) is 24.3 Å². The fourth-order valence-corrected chi connectivity index (χ4v) is 2.88. The summed E-state index contributed by atoms with van der Waals surface area (Å²) >= 11 is 0. The van der Waals surface area contributed by atoms with Crippen LogP contribution in [0.25, 0.3) is 0 Å². The third-order valence-electron chi connectivity index (χ3n) is 3.54. The molecule has 1 aliphatic heterocycles. The summed E-state index contributed by atoms with van der Waals surface area (Å²) < 4.78 is 0. The SMILES string of the molecule is CC1CC(C)CN(CC(=O)c2ccc(N)cc2)C1. The van der Waals surface area contributed by atoms with E-state index in [-0.39, 0.29) is 5.78 Å². The van der Waals surface area contributed by atoms with Gasteiger partial charge >= 0.3 is 0 Å². The molecule has 1 fully saturated rings. The average Bonchev–Trinajstić information content (AvgIpc) is 2.28. The number of rotatable bonds is 3. The molecule has 0 saturated carbocycles. The second-order valence-electron chi connectivity index (χ2n) is 5.69. The lowest BCUT2D eigenvalue weighted by molar-refractivity contribution is 0.0849. The van der Waals surface area contributed by atoms with Gasteiger partial charge in [-0.1, -0.05) is 13.8 Å². The van der Waals surface area contributed by atoms with Gasteiger partial charge < -0.3 is 5.73 Å². The van der Waals surface area contributed by atoms with Crippen LogP contribution in [0.4, 0.5) is 5.69 Å². The number of nitrogens with two attached hydrogens (primary N) is 1. The summed E-state index contributed by atoms with van der Waals surface area (Å²) in [5.41, 5.74) is 7.09. The van der Waals surface area contributed by atoms with Crippen LogP contribution in [0, 0.1) is 11.8 Å². The smallest absolute Gasteiger partial charge is 0.176 e. The van der Waals surface area contributed by atoms with Crippen LogP contribution in [-0.4, -0.2) is 30.3 Å². The highest BCUT2D eigenvalue weighted by Gasteiger charge is 2.23. The Morgan fingerprint density at radius 1 is 1.22 bits per heavy atom. The Hall–Kier alpha value is -1.35. The molecule has 1 aromatic rings. The van der Waals surface area contributed by atoms with Crippen molar-refractivity contribution in [2.24, 2.45) is 11.8 Å². The van der Waals surface area contributed by atoms with Crippen LogP contribution < -0.4 is 5.73 Å². The normalized spacial score (nSPS) is 25.0. The number of Topliss-reactive ketones (excluding diaryl/α,β-unsaturated/α-hetero) is 1. The molecule has 2 rings (SSSR count). The number of hydrogen-bond acceptors (Lipinski definition) is 3. The van der Waals surface area contributed by atoms with Gasteiger partial charge in [-0.3, -0.25) is 9.69 Å². The van der Waals surface area contributed by atoms with E-state index in [1.165, 1.54) is 6.42 Å². The van der Waals surface area contributed by atoms with Gasteiger partial charge in [0.1, 0.15) is 0 Å². The number of anilines is 1. The van der Waals surface area contributed by atoms with E-state index in [2.05, 4.69) is 18.7 Å². The Morgan fingerprint density at radius 2 is 1.78 bits per heavy atom. The molecule has 1 heterocycles. The number of likely N-dealkylation sites (tertiary alicyclic amines) is 1. The molecule has 0 radical (unpaired) electrons. The number of nitrogen functional groups attached to an aromatic ring is 1. The predicted octanol–water partition coefficient (Wildman–Crippen LogP) is 2.43. The van der Waals surface area contributed by atoms with Crippen molar-refractivity contribution in [3.8, 4) is 0 Å². The fourth-order valence-electron chi connectivity index (χ4n) is 2.88. The highest BCUT2D eigenvalue weighted by Crippen LogP contribution is 2.21. The van der Waals surface area contributed by atoms with E-state index in [9.17, 15) is 4.79 Å². The van der Waals surface area contributed by atoms with Gasteiger partial charge in [-0.2, -0.15) is 0 Å². The van der Waals surface area contributed by atoms with Crippen LogP contribution >= 0.6 is 0 Å². The summed E-state index contributed by atoms with van der Waals surface area (Å²) in [6.07, 6.45) is 1.27. The molecule has 18 heavy (non-hydrogen) atoms. The summed E-state index contributed by atoms with van der Waals surface area (Å²) in [5.74, 6) is 1.57. The van der Waals surface area contributed by atoms with Crippen LogP contribution in [0.5, 0.6) is 0 Å². The second-order valence-corrected chi connectivity index (χ2v) is 5.69. The number of benzene rings is 1. The number of carbonyl (C=O) groups excluding carboxylic acids is 1. The number of hydrogen-bond donors (Lipinski definition) is 1. The molecule has 0 aliphatic carbocycles.